The quantitative estimate of drug-likeness (QED) is 0.533. The molecule has 1 saturated heterocycles. The lowest BCUT2D eigenvalue weighted by Gasteiger charge is -2.19. The molecule has 10 nitrogen and oxygen atoms in total. The van der Waals surface area contributed by atoms with Gasteiger partial charge in [0.15, 0.2) is 11.2 Å². The Morgan fingerprint density at radius 1 is 1.21 bits per heavy atom. The van der Waals surface area contributed by atoms with Gasteiger partial charge in [-0.15, -0.1) is 0 Å². The van der Waals surface area contributed by atoms with Crippen molar-refractivity contribution in [3.05, 3.63) is 62.8 Å². The summed E-state index contributed by atoms with van der Waals surface area (Å²) in [5.74, 6) is -0.563. The molecule has 1 aliphatic heterocycles. The van der Waals surface area contributed by atoms with Crippen molar-refractivity contribution in [2.75, 3.05) is 13.6 Å². The van der Waals surface area contributed by atoms with Crippen LogP contribution in [0.25, 0.3) is 11.2 Å². The first-order valence-electron chi connectivity index (χ1n) is 10.9. The van der Waals surface area contributed by atoms with E-state index in [4.69, 9.17) is 0 Å². The molecule has 4 rings (SSSR count). The minimum absolute atomic E-state index is 0.111. The third-order valence-corrected chi connectivity index (χ3v) is 6.22. The maximum Gasteiger partial charge on any atom is 0.332 e. The second-order valence-corrected chi connectivity index (χ2v) is 8.54. The van der Waals surface area contributed by atoms with Crippen LogP contribution in [0.4, 0.5) is 4.39 Å². The lowest BCUT2D eigenvalue weighted by molar-refractivity contribution is -0.130. The van der Waals surface area contributed by atoms with Crippen molar-refractivity contribution in [2.24, 2.45) is 14.1 Å². The van der Waals surface area contributed by atoms with Crippen molar-refractivity contribution in [3.63, 3.8) is 0 Å². The minimum Gasteiger partial charge on any atom is -0.344 e. The molecule has 0 saturated carbocycles. The third kappa shape index (κ3) is 4.60. The van der Waals surface area contributed by atoms with Crippen LogP contribution in [0.3, 0.4) is 0 Å². The summed E-state index contributed by atoms with van der Waals surface area (Å²) in [5, 5.41) is 0. The van der Waals surface area contributed by atoms with Crippen LogP contribution in [0.5, 0.6) is 0 Å². The number of likely N-dealkylation sites (N-methyl/N-ethyl adjacent to an activating group) is 1. The van der Waals surface area contributed by atoms with Crippen LogP contribution in [0.1, 0.15) is 30.9 Å². The fraction of sp³-hybridized carbons (Fsp3) is 0.455. The van der Waals surface area contributed by atoms with E-state index in [0.717, 1.165) is 29.4 Å². The number of hydrazine groups is 1. The van der Waals surface area contributed by atoms with E-state index in [0.29, 0.717) is 12.2 Å². The van der Waals surface area contributed by atoms with E-state index in [1.165, 1.54) is 30.1 Å². The first kappa shape index (κ1) is 22.9. The van der Waals surface area contributed by atoms with Crippen LogP contribution in [-0.2, 0) is 25.4 Å². The summed E-state index contributed by atoms with van der Waals surface area (Å²) in [6.07, 6.45) is 3.92. The molecule has 2 aromatic heterocycles. The van der Waals surface area contributed by atoms with Gasteiger partial charge >= 0.3 is 5.69 Å². The molecule has 0 radical (unpaired) electrons. The van der Waals surface area contributed by atoms with Gasteiger partial charge in [-0.2, -0.15) is 0 Å². The predicted molar refractivity (Wildman–Crippen MR) is 121 cm³/mol. The fourth-order valence-corrected chi connectivity index (χ4v) is 4.22. The Bertz CT molecular complexity index is 1280. The van der Waals surface area contributed by atoms with Crippen molar-refractivity contribution in [3.8, 4) is 0 Å². The summed E-state index contributed by atoms with van der Waals surface area (Å²) in [6.45, 7) is 0.181. The van der Waals surface area contributed by atoms with E-state index in [9.17, 15) is 18.8 Å². The number of aromatic nitrogens is 4. The SMILES string of the molecule is CN(CCCC1CC(c2ccc(F)cc2)NN1)C(=O)Cn1c(=O)c2c(ncn2C)n(C)c1=O. The molecular formula is C22H28FN7O3. The van der Waals surface area contributed by atoms with E-state index in [-0.39, 0.29) is 35.9 Å². The van der Waals surface area contributed by atoms with Gasteiger partial charge in [-0.05, 0) is 37.0 Å². The summed E-state index contributed by atoms with van der Waals surface area (Å²) in [7, 11) is 4.87. The molecule has 1 aliphatic rings. The number of carbonyl (C=O) groups excluding carboxylic acids is 1. The summed E-state index contributed by atoms with van der Waals surface area (Å²) >= 11 is 0. The normalized spacial score (nSPS) is 18.2. The molecule has 2 N–H and O–H groups in total. The summed E-state index contributed by atoms with van der Waals surface area (Å²) < 4.78 is 16.9. The molecule has 0 bridgehead atoms. The standard InChI is InChI=1S/C22H28FN7O3/c1-27(10-4-5-16-11-17(26-25-16)14-6-8-15(23)9-7-14)18(31)12-30-21(32)19-20(24-13-28(19)2)29(3)22(30)33/h6-9,13,16-17,25-26H,4-5,10-12H2,1-3H3. The molecular weight excluding hydrogens is 429 g/mol. The zero-order chi connectivity index (χ0) is 23.7. The van der Waals surface area contributed by atoms with Crippen LogP contribution in [-0.4, -0.2) is 49.1 Å². The number of aryl methyl sites for hydroxylation is 2. The topological polar surface area (TPSA) is 106 Å². The number of halogens is 1. The highest BCUT2D eigenvalue weighted by Crippen LogP contribution is 2.24. The zero-order valence-electron chi connectivity index (χ0n) is 18.9. The molecule has 176 valence electrons. The zero-order valence-corrected chi connectivity index (χ0v) is 18.9. The lowest BCUT2D eigenvalue weighted by atomic mass is 9.99. The van der Waals surface area contributed by atoms with Gasteiger partial charge in [0.05, 0.1) is 6.33 Å². The van der Waals surface area contributed by atoms with Gasteiger partial charge in [0, 0.05) is 39.8 Å². The number of rotatable bonds is 7. The number of hydrogen-bond acceptors (Lipinski definition) is 6. The maximum atomic E-state index is 13.1. The average molecular weight is 458 g/mol. The Labute approximate surface area is 189 Å². The largest absolute Gasteiger partial charge is 0.344 e. The number of imidazole rings is 1. The predicted octanol–water partition coefficient (Wildman–Crippen LogP) is 0.419. The first-order valence-corrected chi connectivity index (χ1v) is 10.9. The molecule has 1 amide bonds. The monoisotopic (exact) mass is 457 g/mol. The van der Waals surface area contributed by atoms with Crippen molar-refractivity contribution in [1.29, 1.82) is 0 Å². The number of benzene rings is 1. The number of hydrogen-bond donors (Lipinski definition) is 2. The molecule has 0 spiro atoms. The second kappa shape index (κ2) is 9.28. The fourth-order valence-electron chi connectivity index (χ4n) is 4.22. The summed E-state index contributed by atoms with van der Waals surface area (Å²) in [5.41, 5.74) is 7.00. The van der Waals surface area contributed by atoms with Gasteiger partial charge in [0.25, 0.3) is 5.56 Å². The molecule has 3 heterocycles. The number of amides is 1. The smallest absolute Gasteiger partial charge is 0.332 e. The van der Waals surface area contributed by atoms with E-state index in [2.05, 4.69) is 15.8 Å². The van der Waals surface area contributed by atoms with Crippen molar-refractivity contribution < 1.29 is 9.18 Å². The Morgan fingerprint density at radius 3 is 2.67 bits per heavy atom. The number of carbonyl (C=O) groups is 1. The number of fused-ring (bicyclic) bond motifs is 1. The lowest BCUT2D eigenvalue weighted by Crippen LogP contribution is -2.44. The van der Waals surface area contributed by atoms with E-state index in [1.807, 2.05) is 0 Å². The van der Waals surface area contributed by atoms with Crippen LogP contribution in [0.2, 0.25) is 0 Å². The van der Waals surface area contributed by atoms with Gasteiger partial charge in [0.2, 0.25) is 5.91 Å². The second-order valence-electron chi connectivity index (χ2n) is 8.54. The van der Waals surface area contributed by atoms with Gasteiger partial charge in [-0.3, -0.25) is 25.0 Å². The Kier molecular flexibility index (Phi) is 6.43. The van der Waals surface area contributed by atoms with E-state index >= 15 is 0 Å². The highest BCUT2D eigenvalue weighted by atomic mass is 19.1. The molecule has 2 atom stereocenters. The van der Waals surface area contributed by atoms with Crippen LogP contribution >= 0.6 is 0 Å². The van der Waals surface area contributed by atoms with Crippen molar-refractivity contribution in [1.82, 2.24) is 34.4 Å². The highest BCUT2D eigenvalue weighted by molar-refractivity contribution is 5.76. The van der Waals surface area contributed by atoms with Gasteiger partial charge < -0.3 is 9.47 Å². The number of nitrogens with one attached hydrogen (secondary N) is 2. The van der Waals surface area contributed by atoms with Gasteiger partial charge in [-0.25, -0.2) is 18.7 Å². The molecule has 2 unspecified atom stereocenters. The molecule has 11 heteroatoms. The van der Waals surface area contributed by atoms with Crippen LogP contribution < -0.4 is 22.1 Å². The number of nitrogens with zero attached hydrogens (tertiary/aromatic N) is 5. The highest BCUT2D eigenvalue weighted by Gasteiger charge is 2.25. The Morgan fingerprint density at radius 2 is 1.94 bits per heavy atom. The van der Waals surface area contributed by atoms with Crippen LogP contribution in [0, 0.1) is 5.82 Å². The van der Waals surface area contributed by atoms with E-state index < -0.39 is 11.2 Å². The minimum atomic E-state index is -0.569. The van der Waals surface area contributed by atoms with Crippen molar-refractivity contribution >= 4 is 17.1 Å². The third-order valence-electron chi connectivity index (χ3n) is 6.22. The van der Waals surface area contributed by atoms with Crippen molar-refractivity contribution in [2.45, 2.75) is 37.9 Å². The first-order chi connectivity index (χ1) is 15.8. The molecule has 3 aromatic rings. The van der Waals surface area contributed by atoms with Crippen LogP contribution in [0.15, 0.2) is 40.2 Å². The summed E-state index contributed by atoms with van der Waals surface area (Å²) in [4.78, 5) is 43.7. The van der Waals surface area contributed by atoms with Gasteiger partial charge in [0.1, 0.15) is 12.4 Å². The molecule has 0 aliphatic carbocycles. The Balaban J connectivity index is 1.32. The molecule has 1 aromatic carbocycles. The molecule has 1 fully saturated rings. The Hall–Kier alpha value is -3.31. The average Bonchev–Trinajstić information content (AvgIpc) is 3.42. The van der Waals surface area contributed by atoms with E-state index in [1.54, 1.807) is 35.7 Å². The summed E-state index contributed by atoms with van der Waals surface area (Å²) in [6, 6.07) is 6.80. The maximum absolute atomic E-state index is 13.1. The molecule has 33 heavy (non-hydrogen) atoms. The van der Waals surface area contributed by atoms with Gasteiger partial charge in [-0.1, -0.05) is 12.1 Å².